The molecule has 0 radical (unpaired) electrons. The Hall–Kier alpha value is -4.37. The van der Waals surface area contributed by atoms with Gasteiger partial charge in [0.25, 0.3) is 5.91 Å². The Kier molecular flexibility index (Phi) is 12.6. The van der Waals surface area contributed by atoms with E-state index < -0.39 is 24.2 Å². The number of para-hydroxylation sites is 1. The number of ether oxygens (including phenoxy) is 1. The molecule has 1 saturated heterocycles. The third-order valence-electron chi connectivity index (χ3n) is 8.41. The fourth-order valence-corrected chi connectivity index (χ4v) is 6.12. The summed E-state index contributed by atoms with van der Waals surface area (Å²) in [7, 11) is 0. The number of hydrogen-bond donors (Lipinski definition) is 4. The molecular weight excluding hydrogens is 580 g/mol. The van der Waals surface area contributed by atoms with Gasteiger partial charge in [0, 0.05) is 19.1 Å². The predicted molar refractivity (Wildman–Crippen MR) is 180 cm³/mol. The number of aliphatic hydroxyl groups excluding tert-OH is 1. The van der Waals surface area contributed by atoms with E-state index in [1.807, 2.05) is 107 Å². The number of aryl methyl sites for hydroxylation is 2. The topological polar surface area (TPSA) is 120 Å². The highest BCUT2D eigenvalue weighted by molar-refractivity contribution is 5.87. The molecule has 0 bridgehead atoms. The molecule has 46 heavy (non-hydrogen) atoms. The Morgan fingerprint density at radius 2 is 1.50 bits per heavy atom. The normalized spacial score (nSPS) is 15.8. The molecule has 4 amide bonds. The molecule has 1 aliphatic rings. The minimum atomic E-state index is -0.992. The maximum atomic E-state index is 13.8. The Labute approximate surface area is 272 Å². The van der Waals surface area contributed by atoms with Gasteiger partial charge in [0.2, 0.25) is 5.91 Å². The fourth-order valence-electron chi connectivity index (χ4n) is 6.12. The van der Waals surface area contributed by atoms with Crippen molar-refractivity contribution >= 4 is 17.8 Å². The number of aliphatic hydroxyl groups is 1. The van der Waals surface area contributed by atoms with Crippen molar-refractivity contribution < 1.29 is 24.2 Å². The van der Waals surface area contributed by atoms with Gasteiger partial charge >= 0.3 is 6.03 Å². The van der Waals surface area contributed by atoms with Gasteiger partial charge in [-0.3, -0.25) is 9.59 Å². The number of carbonyl (C=O) groups excluding carboxylic acids is 3. The Balaban J connectivity index is 1.52. The zero-order chi connectivity index (χ0) is 33.1. The Bertz CT molecular complexity index is 1410. The summed E-state index contributed by atoms with van der Waals surface area (Å²) in [6.07, 6.45) is 0.831. The maximum absolute atomic E-state index is 13.8. The molecule has 0 spiro atoms. The standard InChI is InChI=1S/C37H48N4O5/c1-25(2)34(41-20-12-19-38-37(41)45)36(44)39-30(21-28-15-7-5-8-16-28)23-32(42)31(22-29-17-9-6-10-18-29)40-33(43)24-46-35-26(3)13-11-14-27(35)4/h5-11,13-18,25,30-32,34,42H,12,19-24H2,1-4H3,(H,38,45)(H,39,44)(H,40,43)/t30-,31?,32-,34?/m0/s1. The van der Waals surface area contributed by atoms with E-state index in [-0.39, 0.29) is 36.8 Å². The fraction of sp³-hybridized carbons (Fsp3) is 0.432. The predicted octanol–water partition coefficient (Wildman–Crippen LogP) is 4.33. The van der Waals surface area contributed by atoms with Crippen molar-refractivity contribution in [3.05, 3.63) is 101 Å². The van der Waals surface area contributed by atoms with E-state index in [9.17, 15) is 19.5 Å². The summed E-state index contributed by atoms with van der Waals surface area (Å²) in [4.78, 5) is 41.3. The molecule has 3 aromatic carbocycles. The zero-order valence-corrected chi connectivity index (χ0v) is 27.4. The summed E-state index contributed by atoms with van der Waals surface area (Å²) >= 11 is 0. The van der Waals surface area contributed by atoms with Gasteiger partial charge in [-0.2, -0.15) is 0 Å². The molecule has 246 valence electrons. The SMILES string of the molecule is Cc1cccc(C)c1OCC(=O)NC(Cc1ccccc1)[C@@H](O)C[C@H](Cc1ccccc1)NC(=O)C(C(C)C)N1CCCNC1=O. The molecule has 1 heterocycles. The van der Waals surface area contributed by atoms with Gasteiger partial charge < -0.3 is 30.7 Å². The largest absolute Gasteiger partial charge is 0.483 e. The highest BCUT2D eigenvalue weighted by atomic mass is 16.5. The van der Waals surface area contributed by atoms with Crippen LogP contribution in [0.25, 0.3) is 0 Å². The van der Waals surface area contributed by atoms with Gasteiger partial charge in [-0.05, 0) is 67.7 Å². The van der Waals surface area contributed by atoms with E-state index >= 15 is 0 Å². The first kappa shape index (κ1) is 34.5. The molecular formula is C37H48N4O5. The van der Waals surface area contributed by atoms with Crippen LogP contribution in [0.2, 0.25) is 0 Å². The van der Waals surface area contributed by atoms with Crippen molar-refractivity contribution in [2.75, 3.05) is 19.7 Å². The highest BCUT2D eigenvalue weighted by Crippen LogP contribution is 2.22. The molecule has 3 aromatic rings. The first-order valence-corrected chi connectivity index (χ1v) is 16.2. The molecule has 4 N–H and O–H groups in total. The van der Waals surface area contributed by atoms with E-state index in [1.54, 1.807) is 4.90 Å². The number of rotatable bonds is 15. The third kappa shape index (κ3) is 9.81. The number of urea groups is 1. The molecule has 0 saturated carbocycles. The molecule has 1 fully saturated rings. The van der Waals surface area contributed by atoms with E-state index in [1.165, 1.54) is 0 Å². The molecule has 4 atom stereocenters. The van der Waals surface area contributed by atoms with Crippen LogP contribution in [-0.2, 0) is 22.4 Å². The number of amides is 4. The van der Waals surface area contributed by atoms with Gasteiger partial charge in [-0.1, -0.05) is 92.7 Å². The summed E-state index contributed by atoms with van der Waals surface area (Å²) < 4.78 is 5.90. The first-order chi connectivity index (χ1) is 22.1. The van der Waals surface area contributed by atoms with Crippen LogP contribution in [0.4, 0.5) is 4.79 Å². The number of nitrogens with zero attached hydrogens (tertiary/aromatic N) is 1. The van der Waals surface area contributed by atoms with Crippen LogP contribution >= 0.6 is 0 Å². The molecule has 9 nitrogen and oxygen atoms in total. The lowest BCUT2D eigenvalue weighted by molar-refractivity contribution is -0.128. The van der Waals surface area contributed by atoms with Crippen LogP contribution in [0, 0.1) is 19.8 Å². The maximum Gasteiger partial charge on any atom is 0.318 e. The second kappa shape index (κ2) is 16.8. The van der Waals surface area contributed by atoms with Crippen LogP contribution < -0.4 is 20.7 Å². The van der Waals surface area contributed by atoms with Crippen LogP contribution in [0.5, 0.6) is 5.75 Å². The van der Waals surface area contributed by atoms with Gasteiger partial charge in [0.05, 0.1) is 12.1 Å². The van der Waals surface area contributed by atoms with Gasteiger partial charge in [-0.25, -0.2) is 4.79 Å². The van der Waals surface area contributed by atoms with Crippen molar-refractivity contribution in [3.63, 3.8) is 0 Å². The highest BCUT2D eigenvalue weighted by Gasteiger charge is 2.35. The average molecular weight is 629 g/mol. The van der Waals surface area contributed by atoms with Crippen molar-refractivity contribution in [2.24, 2.45) is 5.92 Å². The summed E-state index contributed by atoms with van der Waals surface area (Å²) in [5.41, 5.74) is 3.84. The summed E-state index contributed by atoms with van der Waals surface area (Å²) in [5.74, 6) is -0.0493. The number of nitrogens with one attached hydrogen (secondary N) is 3. The molecule has 9 heteroatoms. The van der Waals surface area contributed by atoms with Crippen LogP contribution in [0.15, 0.2) is 78.9 Å². The molecule has 1 aliphatic heterocycles. The molecule has 0 aliphatic carbocycles. The lowest BCUT2D eigenvalue weighted by Gasteiger charge is -2.37. The lowest BCUT2D eigenvalue weighted by Crippen LogP contribution is -2.59. The van der Waals surface area contributed by atoms with Crippen molar-refractivity contribution in [3.8, 4) is 5.75 Å². The second-order valence-corrected chi connectivity index (χ2v) is 12.5. The average Bonchev–Trinajstić information content (AvgIpc) is 3.02. The van der Waals surface area contributed by atoms with Crippen LogP contribution in [0.3, 0.4) is 0 Å². The Morgan fingerprint density at radius 1 is 0.891 bits per heavy atom. The molecule has 4 rings (SSSR count). The smallest absolute Gasteiger partial charge is 0.318 e. The van der Waals surface area contributed by atoms with Crippen molar-refractivity contribution in [1.29, 1.82) is 0 Å². The van der Waals surface area contributed by atoms with E-state index in [4.69, 9.17) is 4.74 Å². The van der Waals surface area contributed by atoms with Gasteiger partial charge in [-0.15, -0.1) is 0 Å². The summed E-state index contributed by atoms with van der Waals surface area (Å²) in [6.45, 7) is 8.63. The van der Waals surface area contributed by atoms with E-state index in [0.717, 1.165) is 28.7 Å². The van der Waals surface area contributed by atoms with E-state index in [2.05, 4.69) is 16.0 Å². The summed E-state index contributed by atoms with van der Waals surface area (Å²) in [6, 6.07) is 23.3. The number of hydrogen-bond acceptors (Lipinski definition) is 5. The monoisotopic (exact) mass is 628 g/mol. The zero-order valence-electron chi connectivity index (χ0n) is 27.4. The lowest BCUT2D eigenvalue weighted by atomic mass is 9.92. The quantitative estimate of drug-likeness (QED) is 0.200. The minimum Gasteiger partial charge on any atom is -0.483 e. The van der Waals surface area contributed by atoms with Crippen molar-refractivity contribution in [2.45, 2.75) is 77.6 Å². The number of benzene rings is 3. The second-order valence-electron chi connectivity index (χ2n) is 12.5. The number of carbonyl (C=O) groups is 3. The van der Waals surface area contributed by atoms with Crippen molar-refractivity contribution in [1.82, 2.24) is 20.9 Å². The van der Waals surface area contributed by atoms with E-state index in [0.29, 0.717) is 31.7 Å². The summed E-state index contributed by atoms with van der Waals surface area (Å²) in [5, 5.41) is 20.7. The van der Waals surface area contributed by atoms with Gasteiger partial charge in [0.1, 0.15) is 11.8 Å². The minimum absolute atomic E-state index is 0.117. The third-order valence-corrected chi connectivity index (χ3v) is 8.41. The van der Waals surface area contributed by atoms with Gasteiger partial charge in [0.15, 0.2) is 6.61 Å². The first-order valence-electron chi connectivity index (χ1n) is 16.2. The van der Waals surface area contributed by atoms with Crippen LogP contribution in [-0.4, -0.2) is 71.8 Å². The van der Waals surface area contributed by atoms with Crippen LogP contribution in [0.1, 0.15) is 48.9 Å². The molecule has 2 unspecified atom stereocenters. The Morgan fingerprint density at radius 3 is 2.09 bits per heavy atom. The molecule has 0 aromatic heterocycles.